The number of fused-ring (bicyclic) bond motifs is 1. The maximum absolute atomic E-state index is 12.1. The Hall–Kier alpha value is -2.64. The number of ether oxygens (including phenoxy) is 3. The zero-order valence-electron chi connectivity index (χ0n) is 13.9. The number of hydrogen-bond acceptors (Lipinski definition) is 5. The molecule has 8 nitrogen and oxygen atoms in total. The lowest BCUT2D eigenvalue weighted by Crippen LogP contribution is -2.48. The number of carbonyl (C=O) groups excluding carboxylic acids is 2. The van der Waals surface area contributed by atoms with Gasteiger partial charge in [0.25, 0.3) is 0 Å². The molecular formula is C16H21N3O5. The van der Waals surface area contributed by atoms with Gasteiger partial charge in [-0.2, -0.15) is 0 Å². The molecule has 2 aliphatic heterocycles. The minimum absolute atomic E-state index is 0.179. The molecule has 2 aliphatic rings. The molecule has 8 heteroatoms. The molecule has 0 bridgehead atoms. The molecular weight excluding hydrogens is 314 g/mol. The van der Waals surface area contributed by atoms with Gasteiger partial charge >= 0.3 is 12.1 Å². The van der Waals surface area contributed by atoms with E-state index in [0.29, 0.717) is 23.7 Å². The van der Waals surface area contributed by atoms with Crippen molar-refractivity contribution in [2.45, 2.75) is 32.4 Å². The summed E-state index contributed by atoms with van der Waals surface area (Å²) in [6.45, 7) is 6.46. The monoisotopic (exact) mass is 335 g/mol. The second-order valence-electron chi connectivity index (χ2n) is 6.74. The van der Waals surface area contributed by atoms with E-state index < -0.39 is 12.2 Å². The van der Waals surface area contributed by atoms with E-state index in [1.54, 1.807) is 18.2 Å². The number of carbonyl (C=O) groups is 2. The number of nitrogens with one attached hydrogen (secondary N) is 2. The fourth-order valence-electron chi connectivity index (χ4n) is 2.48. The topological polar surface area (TPSA) is 89.1 Å². The first-order valence-corrected chi connectivity index (χ1v) is 7.76. The van der Waals surface area contributed by atoms with Gasteiger partial charge in [0.15, 0.2) is 11.5 Å². The Morgan fingerprint density at radius 2 is 2.04 bits per heavy atom. The molecule has 24 heavy (non-hydrogen) atoms. The lowest BCUT2D eigenvalue weighted by Gasteiger charge is -2.21. The smallest absolute Gasteiger partial charge is 0.414 e. The Kier molecular flexibility index (Phi) is 4.13. The lowest BCUT2D eigenvalue weighted by molar-refractivity contribution is 0.140. The molecule has 3 rings (SSSR count). The van der Waals surface area contributed by atoms with Crippen molar-refractivity contribution in [3.05, 3.63) is 18.2 Å². The lowest BCUT2D eigenvalue weighted by atomic mass is 10.1. The second-order valence-corrected chi connectivity index (χ2v) is 6.74. The summed E-state index contributed by atoms with van der Waals surface area (Å²) in [5.74, 6) is 1.26. The average molecular weight is 335 g/mol. The SMILES string of the molecule is CC(C)(C)NC(=O)NC[C@H]1CN(c2ccc3c(c2)OCO3)C(=O)O1. The van der Waals surface area contributed by atoms with Crippen molar-refractivity contribution >= 4 is 17.8 Å². The fourth-order valence-corrected chi connectivity index (χ4v) is 2.48. The minimum atomic E-state index is -0.447. The van der Waals surface area contributed by atoms with Gasteiger partial charge in [0.05, 0.1) is 18.8 Å². The van der Waals surface area contributed by atoms with E-state index in [2.05, 4.69) is 10.6 Å². The molecule has 1 aromatic carbocycles. The van der Waals surface area contributed by atoms with Crippen molar-refractivity contribution in [3.8, 4) is 11.5 Å². The van der Waals surface area contributed by atoms with Crippen LogP contribution in [0.1, 0.15) is 20.8 Å². The van der Waals surface area contributed by atoms with Crippen LogP contribution in [0, 0.1) is 0 Å². The summed E-state index contributed by atoms with van der Waals surface area (Å²) in [5.41, 5.74) is 0.348. The zero-order valence-corrected chi connectivity index (χ0v) is 13.9. The van der Waals surface area contributed by atoms with Crippen LogP contribution in [0.2, 0.25) is 0 Å². The number of urea groups is 1. The van der Waals surface area contributed by atoms with Gasteiger partial charge in [-0.05, 0) is 32.9 Å². The summed E-state index contributed by atoms with van der Waals surface area (Å²) >= 11 is 0. The van der Waals surface area contributed by atoms with Gasteiger partial charge in [-0.3, -0.25) is 4.90 Å². The molecule has 2 heterocycles. The number of cyclic esters (lactones) is 1. The first kappa shape index (κ1) is 16.2. The highest BCUT2D eigenvalue weighted by molar-refractivity contribution is 5.90. The van der Waals surface area contributed by atoms with E-state index in [0.717, 1.165) is 0 Å². The van der Waals surface area contributed by atoms with Crippen molar-refractivity contribution in [1.82, 2.24) is 10.6 Å². The van der Waals surface area contributed by atoms with Gasteiger partial charge in [0.2, 0.25) is 6.79 Å². The van der Waals surface area contributed by atoms with Gasteiger partial charge < -0.3 is 24.8 Å². The van der Waals surface area contributed by atoms with E-state index in [9.17, 15) is 9.59 Å². The quantitative estimate of drug-likeness (QED) is 0.880. The minimum Gasteiger partial charge on any atom is -0.454 e. The molecule has 0 saturated carbocycles. The number of amides is 3. The average Bonchev–Trinajstić information content (AvgIpc) is 3.08. The first-order valence-electron chi connectivity index (χ1n) is 7.76. The second kappa shape index (κ2) is 6.10. The van der Waals surface area contributed by atoms with E-state index in [-0.39, 0.29) is 24.9 Å². The van der Waals surface area contributed by atoms with Gasteiger partial charge in [-0.1, -0.05) is 0 Å². The van der Waals surface area contributed by atoms with Crippen LogP contribution in [0.15, 0.2) is 18.2 Å². The number of rotatable bonds is 3. The van der Waals surface area contributed by atoms with E-state index in [1.807, 2.05) is 20.8 Å². The molecule has 0 radical (unpaired) electrons. The summed E-state index contributed by atoms with van der Waals surface area (Å²) in [4.78, 5) is 25.3. The van der Waals surface area contributed by atoms with Crippen molar-refractivity contribution in [2.24, 2.45) is 0 Å². The molecule has 0 aliphatic carbocycles. The maximum atomic E-state index is 12.1. The van der Waals surface area contributed by atoms with Gasteiger partial charge in [-0.25, -0.2) is 9.59 Å². The van der Waals surface area contributed by atoms with Crippen LogP contribution in [-0.2, 0) is 4.74 Å². The molecule has 3 amide bonds. The normalized spacial score (nSPS) is 19.2. The summed E-state index contributed by atoms with van der Waals surface area (Å²) in [6, 6.07) is 4.98. The summed E-state index contributed by atoms with van der Waals surface area (Å²) < 4.78 is 15.9. The third-order valence-electron chi connectivity index (χ3n) is 3.52. The van der Waals surface area contributed by atoms with Gasteiger partial charge in [-0.15, -0.1) is 0 Å². The highest BCUT2D eigenvalue weighted by Crippen LogP contribution is 2.36. The molecule has 0 aromatic heterocycles. The molecule has 1 aromatic rings. The molecule has 1 saturated heterocycles. The molecule has 130 valence electrons. The van der Waals surface area contributed by atoms with E-state index in [1.165, 1.54) is 4.90 Å². The van der Waals surface area contributed by atoms with Crippen LogP contribution < -0.4 is 25.0 Å². The Morgan fingerprint density at radius 3 is 2.79 bits per heavy atom. The van der Waals surface area contributed by atoms with Crippen LogP contribution in [0.4, 0.5) is 15.3 Å². The largest absolute Gasteiger partial charge is 0.454 e. The van der Waals surface area contributed by atoms with E-state index in [4.69, 9.17) is 14.2 Å². The fraction of sp³-hybridized carbons (Fsp3) is 0.500. The summed E-state index contributed by atoms with van der Waals surface area (Å²) in [7, 11) is 0. The predicted octanol–water partition coefficient (Wildman–Crippen LogP) is 1.84. The van der Waals surface area contributed by atoms with Crippen LogP contribution >= 0.6 is 0 Å². The number of nitrogens with zero attached hydrogens (tertiary/aromatic N) is 1. The van der Waals surface area contributed by atoms with Crippen LogP contribution in [-0.4, -0.2) is 43.6 Å². The third-order valence-corrected chi connectivity index (χ3v) is 3.52. The number of hydrogen-bond donors (Lipinski definition) is 2. The van der Waals surface area contributed by atoms with Crippen LogP contribution in [0.25, 0.3) is 0 Å². The third kappa shape index (κ3) is 3.64. The Morgan fingerprint density at radius 1 is 1.29 bits per heavy atom. The Bertz CT molecular complexity index is 656. The molecule has 1 atom stereocenters. The van der Waals surface area contributed by atoms with Gasteiger partial charge in [0, 0.05) is 11.6 Å². The zero-order chi connectivity index (χ0) is 17.3. The van der Waals surface area contributed by atoms with Crippen molar-refractivity contribution in [1.29, 1.82) is 0 Å². The van der Waals surface area contributed by atoms with Crippen LogP contribution in [0.5, 0.6) is 11.5 Å². The molecule has 0 unspecified atom stereocenters. The highest BCUT2D eigenvalue weighted by atomic mass is 16.7. The highest BCUT2D eigenvalue weighted by Gasteiger charge is 2.33. The first-order chi connectivity index (χ1) is 11.3. The molecule has 2 N–H and O–H groups in total. The number of anilines is 1. The summed E-state index contributed by atoms with van der Waals surface area (Å²) in [5, 5.41) is 5.51. The molecule has 0 spiro atoms. The van der Waals surface area contributed by atoms with Crippen molar-refractivity contribution in [2.75, 3.05) is 24.8 Å². The maximum Gasteiger partial charge on any atom is 0.414 e. The standard InChI is InChI=1S/C16H21N3O5/c1-16(2,3)18-14(20)17-7-11-8-19(15(21)24-11)10-4-5-12-13(6-10)23-9-22-12/h4-6,11H,7-9H2,1-3H3,(H2,17,18,20)/t11-/m0/s1. The van der Waals surface area contributed by atoms with Crippen molar-refractivity contribution < 1.29 is 23.8 Å². The van der Waals surface area contributed by atoms with Gasteiger partial charge in [0.1, 0.15) is 6.10 Å². The van der Waals surface area contributed by atoms with Crippen molar-refractivity contribution in [3.63, 3.8) is 0 Å². The molecule has 1 fully saturated rings. The Balaban J connectivity index is 1.57. The summed E-state index contributed by atoms with van der Waals surface area (Å²) in [6.07, 6.45) is -0.856. The van der Waals surface area contributed by atoms with Crippen LogP contribution in [0.3, 0.4) is 0 Å². The Labute approximate surface area is 140 Å². The van der Waals surface area contributed by atoms with E-state index >= 15 is 0 Å². The number of benzene rings is 1. The predicted molar refractivity (Wildman–Crippen MR) is 86.5 cm³/mol.